The van der Waals surface area contributed by atoms with Crippen molar-refractivity contribution in [2.45, 2.75) is 25.5 Å². The van der Waals surface area contributed by atoms with E-state index in [1.54, 1.807) is 0 Å². The third-order valence-electron chi connectivity index (χ3n) is 5.51. The Hall–Kier alpha value is -4.07. The highest BCUT2D eigenvalue weighted by Crippen LogP contribution is 2.35. The second-order valence-corrected chi connectivity index (χ2v) is 8.16. The van der Waals surface area contributed by atoms with Crippen LogP contribution in [0.25, 0.3) is 0 Å². The fourth-order valence-corrected chi connectivity index (χ4v) is 3.69. The van der Waals surface area contributed by atoms with E-state index in [-0.39, 0.29) is 44.4 Å². The van der Waals surface area contributed by atoms with E-state index in [2.05, 4.69) is 5.16 Å². The number of carbonyl (C=O) groups excluding carboxylic acids is 3. The monoisotopic (exact) mass is 509 g/mol. The first-order valence-electron chi connectivity index (χ1n) is 10.9. The third kappa shape index (κ3) is 5.12. The van der Waals surface area contributed by atoms with Gasteiger partial charge in [-0.1, -0.05) is 5.16 Å². The molecule has 192 valence electrons. The van der Waals surface area contributed by atoms with E-state index in [0.717, 1.165) is 15.9 Å². The maximum Gasteiger partial charge on any atom is 0.414 e. The summed E-state index contributed by atoms with van der Waals surface area (Å²) in [6, 6.07) is 1.29. The Labute approximate surface area is 202 Å². The Morgan fingerprint density at radius 3 is 2.75 bits per heavy atom. The van der Waals surface area contributed by atoms with Gasteiger partial charge in [0.1, 0.15) is 24.1 Å². The average Bonchev–Trinajstić information content (AvgIpc) is 3.50. The van der Waals surface area contributed by atoms with Crippen LogP contribution in [-0.4, -0.2) is 61.5 Å². The number of anilines is 3. The average molecular weight is 509 g/mol. The van der Waals surface area contributed by atoms with Gasteiger partial charge in [-0.15, -0.1) is 0 Å². The number of rotatable bonds is 8. The molecule has 0 saturated carbocycles. The summed E-state index contributed by atoms with van der Waals surface area (Å²) in [6.07, 6.45) is 1.66. The van der Waals surface area contributed by atoms with Crippen molar-refractivity contribution in [2.75, 3.05) is 41.1 Å². The van der Waals surface area contributed by atoms with Crippen molar-refractivity contribution in [1.29, 1.82) is 0 Å². The predicted octanol–water partition coefficient (Wildman–Crippen LogP) is 2.06. The van der Waals surface area contributed by atoms with Gasteiger partial charge in [0.25, 0.3) is 0 Å². The summed E-state index contributed by atoms with van der Waals surface area (Å²) in [5, 5.41) is 3.76. The number of esters is 1. The minimum Gasteiger partial charge on any atom is -0.443 e. The SMILES string of the molecule is C[C@H](N)C(=O)OCN(C[C@H]1CN(c2cc(F)c(N3C=CC(=O)CC3)c(F)c2F)C(=O)O1)c1ccon1. The van der Waals surface area contributed by atoms with E-state index in [4.69, 9.17) is 19.7 Å². The summed E-state index contributed by atoms with van der Waals surface area (Å²) in [6.45, 7) is 0.777. The van der Waals surface area contributed by atoms with Crippen LogP contribution in [0.3, 0.4) is 0 Å². The van der Waals surface area contributed by atoms with Gasteiger partial charge in [-0.3, -0.25) is 14.5 Å². The molecule has 2 N–H and O–H groups in total. The number of amides is 1. The Kier molecular flexibility index (Phi) is 7.15. The molecule has 2 aliphatic rings. The highest BCUT2D eigenvalue weighted by Gasteiger charge is 2.37. The van der Waals surface area contributed by atoms with Crippen molar-refractivity contribution in [3.05, 3.63) is 48.1 Å². The summed E-state index contributed by atoms with van der Waals surface area (Å²) in [5.74, 6) is -4.73. The lowest BCUT2D eigenvalue weighted by molar-refractivity contribution is -0.144. The Balaban J connectivity index is 1.52. The smallest absolute Gasteiger partial charge is 0.414 e. The number of hydrogen-bond donors (Lipinski definition) is 1. The molecule has 1 fully saturated rings. The molecule has 11 nitrogen and oxygen atoms in total. The molecule has 1 amide bonds. The molecule has 2 aliphatic heterocycles. The first kappa shape index (κ1) is 25.0. The Morgan fingerprint density at radius 2 is 2.11 bits per heavy atom. The van der Waals surface area contributed by atoms with Crippen LogP contribution in [0.5, 0.6) is 0 Å². The normalized spacial score (nSPS) is 18.4. The first-order valence-corrected chi connectivity index (χ1v) is 10.9. The first-order chi connectivity index (χ1) is 17.2. The number of allylic oxidation sites excluding steroid dienone is 1. The molecular formula is C22H22F3N5O6. The maximum atomic E-state index is 15.0. The number of benzene rings is 1. The molecule has 4 rings (SSSR count). The van der Waals surface area contributed by atoms with Gasteiger partial charge in [0, 0.05) is 31.3 Å². The van der Waals surface area contributed by atoms with Crippen LogP contribution in [-0.2, 0) is 19.1 Å². The molecule has 1 saturated heterocycles. The van der Waals surface area contributed by atoms with Crippen molar-refractivity contribution in [3.63, 3.8) is 0 Å². The van der Waals surface area contributed by atoms with Crippen molar-refractivity contribution >= 4 is 35.0 Å². The van der Waals surface area contributed by atoms with Crippen molar-refractivity contribution < 1.29 is 41.6 Å². The Morgan fingerprint density at radius 1 is 1.33 bits per heavy atom. The molecule has 1 aromatic heterocycles. The summed E-state index contributed by atoms with van der Waals surface area (Å²) < 4.78 is 59.9. The van der Waals surface area contributed by atoms with E-state index < -0.39 is 53.0 Å². The number of nitrogens with zero attached hydrogens (tertiary/aromatic N) is 4. The largest absolute Gasteiger partial charge is 0.443 e. The van der Waals surface area contributed by atoms with Crippen LogP contribution in [0.4, 0.5) is 35.2 Å². The predicted molar refractivity (Wildman–Crippen MR) is 118 cm³/mol. The summed E-state index contributed by atoms with van der Waals surface area (Å²) in [4.78, 5) is 38.9. The number of cyclic esters (lactones) is 1. The summed E-state index contributed by atoms with van der Waals surface area (Å²) in [5.41, 5.74) is 4.17. The van der Waals surface area contributed by atoms with E-state index in [1.807, 2.05) is 0 Å². The fraction of sp³-hybridized carbons (Fsp3) is 0.364. The summed E-state index contributed by atoms with van der Waals surface area (Å²) in [7, 11) is 0. The molecule has 0 radical (unpaired) electrons. The molecule has 0 bridgehead atoms. The number of halogens is 3. The van der Waals surface area contributed by atoms with Crippen LogP contribution in [0.2, 0.25) is 0 Å². The van der Waals surface area contributed by atoms with Crippen LogP contribution in [0, 0.1) is 17.5 Å². The number of carbonyl (C=O) groups is 3. The van der Waals surface area contributed by atoms with Gasteiger partial charge in [0.2, 0.25) is 0 Å². The zero-order valence-corrected chi connectivity index (χ0v) is 19.0. The third-order valence-corrected chi connectivity index (χ3v) is 5.51. The lowest BCUT2D eigenvalue weighted by Gasteiger charge is -2.25. The molecule has 36 heavy (non-hydrogen) atoms. The highest BCUT2D eigenvalue weighted by molar-refractivity contribution is 5.92. The van der Waals surface area contributed by atoms with Crippen LogP contribution in [0.15, 0.2) is 35.2 Å². The number of aromatic nitrogens is 1. The standard InChI is InChI=1S/C22H22F3N5O6/c1-12(26)21(32)34-11-29(17-4-7-35-27-17)9-14-10-30(22(33)36-14)16-8-15(23)20(19(25)18(16)24)28-5-2-13(31)3-6-28/h2,4-5,7-8,12,14H,3,6,9-11,26H2,1H3/t12-,14-/m0/s1. The van der Waals surface area contributed by atoms with Gasteiger partial charge in [-0.2, -0.15) is 0 Å². The van der Waals surface area contributed by atoms with Gasteiger partial charge in [0.15, 0.2) is 35.8 Å². The van der Waals surface area contributed by atoms with Crippen LogP contribution >= 0.6 is 0 Å². The fourth-order valence-electron chi connectivity index (χ4n) is 3.69. The second kappa shape index (κ2) is 10.3. The number of nitrogens with two attached hydrogens (primary N) is 1. The van der Waals surface area contributed by atoms with E-state index >= 15 is 0 Å². The Bertz CT molecular complexity index is 1190. The number of hydrogen-bond acceptors (Lipinski definition) is 10. The maximum absolute atomic E-state index is 15.0. The lowest BCUT2D eigenvalue weighted by Crippen LogP contribution is -2.39. The second-order valence-electron chi connectivity index (χ2n) is 8.16. The zero-order valence-electron chi connectivity index (χ0n) is 19.0. The lowest BCUT2D eigenvalue weighted by atomic mass is 10.1. The van der Waals surface area contributed by atoms with Gasteiger partial charge in [0.05, 0.1) is 18.8 Å². The highest BCUT2D eigenvalue weighted by atomic mass is 19.2. The molecule has 0 aliphatic carbocycles. The van der Waals surface area contributed by atoms with Crippen molar-refractivity contribution in [3.8, 4) is 0 Å². The molecule has 0 unspecified atom stereocenters. The molecule has 3 heterocycles. The van der Waals surface area contributed by atoms with Crippen LogP contribution < -0.4 is 20.4 Å². The minimum absolute atomic E-state index is 0.0143. The van der Waals surface area contributed by atoms with Gasteiger partial charge < -0.3 is 29.5 Å². The van der Waals surface area contributed by atoms with Gasteiger partial charge in [-0.05, 0) is 13.0 Å². The molecule has 1 aromatic carbocycles. The molecule has 2 aromatic rings. The van der Waals surface area contributed by atoms with E-state index in [9.17, 15) is 27.6 Å². The molecule has 2 atom stereocenters. The van der Waals surface area contributed by atoms with Crippen LogP contribution in [0.1, 0.15) is 13.3 Å². The molecule has 0 spiro atoms. The number of ketones is 1. The quantitative estimate of drug-likeness (QED) is 0.320. The topological polar surface area (TPSA) is 131 Å². The van der Waals surface area contributed by atoms with E-state index in [1.165, 1.54) is 30.4 Å². The van der Waals surface area contributed by atoms with E-state index in [0.29, 0.717) is 6.07 Å². The van der Waals surface area contributed by atoms with Gasteiger partial charge in [-0.25, -0.2) is 18.0 Å². The van der Waals surface area contributed by atoms with Gasteiger partial charge >= 0.3 is 12.1 Å². The van der Waals surface area contributed by atoms with Crippen molar-refractivity contribution in [1.82, 2.24) is 5.16 Å². The minimum atomic E-state index is -1.51. The van der Waals surface area contributed by atoms with Crippen molar-refractivity contribution in [2.24, 2.45) is 5.73 Å². The molecular weight excluding hydrogens is 487 g/mol. The summed E-state index contributed by atoms with van der Waals surface area (Å²) >= 11 is 0. The zero-order chi connectivity index (χ0) is 26.0. The molecule has 14 heteroatoms. The number of ether oxygens (including phenoxy) is 2.